The Kier molecular flexibility index (Phi) is 4.42. The predicted octanol–water partition coefficient (Wildman–Crippen LogP) is 3.30. The summed E-state index contributed by atoms with van der Waals surface area (Å²) in [6.07, 6.45) is 1.25. The standard InChI is InChI=1S/C20H19N3O2S/c21-19(24)13-5-8-23(9-6-13)20(25)16-11-18(14-7-10-26-12-14)22-17-4-2-1-3-15(16)17/h1-4,7,10-13H,5-6,8-9H2,(H2,21,24). The Bertz CT molecular complexity index is 960. The molecule has 1 aromatic carbocycles. The molecule has 0 bridgehead atoms. The first-order valence-corrected chi connectivity index (χ1v) is 9.58. The summed E-state index contributed by atoms with van der Waals surface area (Å²) >= 11 is 1.61. The number of primary amides is 1. The summed E-state index contributed by atoms with van der Waals surface area (Å²) in [5, 5.41) is 4.89. The minimum atomic E-state index is -0.272. The van der Waals surface area contributed by atoms with Gasteiger partial charge in [0.25, 0.3) is 5.91 Å². The van der Waals surface area contributed by atoms with Gasteiger partial charge in [0.05, 0.1) is 16.8 Å². The molecule has 6 heteroatoms. The summed E-state index contributed by atoms with van der Waals surface area (Å²) < 4.78 is 0. The number of thiophene rings is 1. The molecular weight excluding hydrogens is 346 g/mol. The number of nitrogens with zero attached hydrogens (tertiary/aromatic N) is 2. The maximum Gasteiger partial charge on any atom is 0.254 e. The molecule has 2 amide bonds. The molecule has 1 saturated heterocycles. The molecule has 0 saturated carbocycles. The van der Waals surface area contributed by atoms with Gasteiger partial charge in [-0.15, -0.1) is 0 Å². The molecule has 4 rings (SSSR count). The third kappa shape index (κ3) is 3.08. The lowest BCUT2D eigenvalue weighted by molar-refractivity contribution is -0.123. The van der Waals surface area contributed by atoms with Crippen molar-refractivity contribution >= 4 is 34.1 Å². The number of hydrogen-bond donors (Lipinski definition) is 1. The second-order valence-electron chi connectivity index (χ2n) is 6.55. The predicted molar refractivity (Wildman–Crippen MR) is 103 cm³/mol. The van der Waals surface area contributed by atoms with Gasteiger partial charge < -0.3 is 10.6 Å². The zero-order valence-corrected chi connectivity index (χ0v) is 15.0. The second-order valence-corrected chi connectivity index (χ2v) is 7.33. The molecule has 1 aliphatic heterocycles. The van der Waals surface area contributed by atoms with Gasteiger partial charge in [0, 0.05) is 35.3 Å². The van der Waals surface area contributed by atoms with Gasteiger partial charge in [-0.2, -0.15) is 11.3 Å². The van der Waals surface area contributed by atoms with Crippen molar-refractivity contribution in [2.75, 3.05) is 13.1 Å². The van der Waals surface area contributed by atoms with Gasteiger partial charge in [-0.25, -0.2) is 4.98 Å². The van der Waals surface area contributed by atoms with Gasteiger partial charge in [0.2, 0.25) is 5.91 Å². The highest BCUT2D eigenvalue weighted by atomic mass is 32.1. The second kappa shape index (κ2) is 6.88. The lowest BCUT2D eigenvalue weighted by Crippen LogP contribution is -2.41. The van der Waals surface area contributed by atoms with Gasteiger partial charge in [0.1, 0.15) is 0 Å². The van der Waals surface area contributed by atoms with E-state index in [1.54, 1.807) is 11.3 Å². The number of rotatable bonds is 3. The Hall–Kier alpha value is -2.73. The van der Waals surface area contributed by atoms with E-state index in [1.165, 1.54) is 0 Å². The number of fused-ring (bicyclic) bond motifs is 1. The van der Waals surface area contributed by atoms with E-state index >= 15 is 0 Å². The average molecular weight is 365 g/mol. The van der Waals surface area contributed by atoms with E-state index in [-0.39, 0.29) is 17.7 Å². The van der Waals surface area contributed by atoms with Crippen LogP contribution in [0.1, 0.15) is 23.2 Å². The lowest BCUT2D eigenvalue weighted by Gasteiger charge is -2.31. The first-order valence-electron chi connectivity index (χ1n) is 8.64. The highest BCUT2D eigenvalue weighted by Crippen LogP contribution is 2.28. The van der Waals surface area contributed by atoms with Crippen LogP contribution in [-0.2, 0) is 4.79 Å². The Balaban J connectivity index is 1.71. The number of aromatic nitrogens is 1. The van der Waals surface area contributed by atoms with E-state index in [0.717, 1.165) is 22.2 Å². The molecule has 0 spiro atoms. The maximum absolute atomic E-state index is 13.2. The minimum absolute atomic E-state index is 0.0111. The number of para-hydroxylation sites is 1. The molecule has 1 aliphatic rings. The van der Waals surface area contributed by atoms with Crippen molar-refractivity contribution in [3.8, 4) is 11.3 Å². The third-order valence-corrected chi connectivity index (χ3v) is 5.63. The van der Waals surface area contributed by atoms with Crippen molar-refractivity contribution in [3.05, 3.63) is 52.7 Å². The molecule has 3 aromatic rings. The van der Waals surface area contributed by atoms with E-state index in [1.807, 2.05) is 52.1 Å². The lowest BCUT2D eigenvalue weighted by atomic mass is 9.95. The molecule has 132 valence electrons. The third-order valence-electron chi connectivity index (χ3n) is 4.95. The molecule has 1 fully saturated rings. The number of piperidine rings is 1. The van der Waals surface area contributed by atoms with Crippen LogP contribution in [0.15, 0.2) is 47.2 Å². The molecule has 0 unspecified atom stereocenters. The number of likely N-dealkylation sites (tertiary alicyclic amines) is 1. The van der Waals surface area contributed by atoms with Gasteiger partial charge in [-0.3, -0.25) is 9.59 Å². The first-order chi connectivity index (χ1) is 12.6. The summed E-state index contributed by atoms with van der Waals surface area (Å²) in [7, 11) is 0. The Morgan fingerprint density at radius 3 is 2.62 bits per heavy atom. The van der Waals surface area contributed by atoms with Gasteiger partial charge >= 0.3 is 0 Å². The summed E-state index contributed by atoms with van der Waals surface area (Å²) in [5.41, 5.74) is 8.69. The number of carbonyl (C=O) groups excluding carboxylic acids is 2. The van der Waals surface area contributed by atoms with Crippen molar-refractivity contribution in [3.63, 3.8) is 0 Å². The van der Waals surface area contributed by atoms with Crippen molar-refractivity contribution in [2.24, 2.45) is 11.7 Å². The van der Waals surface area contributed by atoms with Gasteiger partial charge in [-0.05, 0) is 36.4 Å². The molecule has 26 heavy (non-hydrogen) atoms. The fraction of sp³-hybridized carbons (Fsp3) is 0.250. The summed E-state index contributed by atoms with van der Waals surface area (Å²) in [6, 6.07) is 11.6. The number of carbonyl (C=O) groups is 2. The quantitative estimate of drug-likeness (QED) is 0.774. The van der Waals surface area contributed by atoms with Crippen LogP contribution in [0.25, 0.3) is 22.2 Å². The highest BCUT2D eigenvalue weighted by Gasteiger charge is 2.27. The zero-order valence-electron chi connectivity index (χ0n) is 14.2. The van der Waals surface area contributed by atoms with Crippen LogP contribution in [0.2, 0.25) is 0 Å². The maximum atomic E-state index is 13.2. The number of benzene rings is 1. The molecule has 2 N–H and O–H groups in total. The largest absolute Gasteiger partial charge is 0.369 e. The molecular formula is C20H19N3O2S. The molecule has 5 nitrogen and oxygen atoms in total. The van der Waals surface area contributed by atoms with Crippen molar-refractivity contribution in [1.29, 1.82) is 0 Å². The number of pyridine rings is 1. The monoisotopic (exact) mass is 365 g/mol. The van der Waals surface area contributed by atoms with E-state index in [0.29, 0.717) is 31.5 Å². The molecule has 0 aliphatic carbocycles. The average Bonchev–Trinajstić information content (AvgIpc) is 3.21. The molecule has 3 heterocycles. The summed E-state index contributed by atoms with van der Waals surface area (Å²) in [4.78, 5) is 31.1. The fourth-order valence-electron chi connectivity index (χ4n) is 3.45. The van der Waals surface area contributed by atoms with E-state index in [2.05, 4.69) is 0 Å². The summed E-state index contributed by atoms with van der Waals surface area (Å²) in [5.74, 6) is -0.413. The topological polar surface area (TPSA) is 76.3 Å². The Morgan fingerprint density at radius 2 is 1.92 bits per heavy atom. The molecule has 2 aromatic heterocycles. The van der Waals surface area contributed by atoms with Gasteiger partial charge in [0.15, 0.2) is 0 Å². The summed E-state index contributed by atoms with van der Waals surface area (Å²) in [6.45, 7) is 1.10. The van der Waals surface area contributed by atoms with Crippen LogP contribution in [0.5, 0.6) is 0 Å². The number of nitrogens with two attached hydrogens (primary N) is 1. The first kappa shape index (κ1) is 16.7. The smallest absolute Gasteiger partial charge is 0.254 e. The van der Waals surface area contributed by atoms with Crippen LogP contribution in [0.4, 0.5) is 0 Å². The van der Waals surface area contributed by atoms with Crippen LogP contribution in [0, 0.1) is 5.92 Å². The van der Waals surface area contributed by atoms with E-state index in [4.69, 9.17) is 10.7 Å². The van der Waals surface area contributed by atoms with Crippen molar-refractivity contribution < 1.29 is 9.59 Å². The fourth-order valence-corrected chi connectivity index (χ4v) is 4.10. The number of amides is 2. The molecule has 0 atom stereocenters. The normalized spacial score (nSPS) is 15.3. The van der Waals surface area contributed by atoms with Gasteiger partial charge in [-0.1, -0.05) is 18.2 Å². The number of hydrogen-bond acceptors (Lipinski definition) is 4. The SMILES string of the molecule is NC(=O)C1CCN(C(=O)c2cc(-c3ccsc3)nc3ccccc23)CC1. The Labute approximate surface area is 155 Å². The van der Waals surface area contributed by atoms with Crippen LogP contribution >= 0.6 is 11.3 Å². The van der Waals surface area contributed by atoms with Crippen molar-refractivity contribution in [1.82, 2.24) is 9.88 Å². The van der Waals surface area contributed by atoms with Crippen LogP contribution in [-0.4, -0.2) is 34.8 Å². The van der Waals surface area contributed by atoms with E-state index in [9.17, 15) is 9.59 Å². The van der Waals surface area contributed by atoms with Crippen molar-refractivity contribution in [2.45, 2.75) is 12.8 Å². The molecule has 0 radical (unpaired) electrons. The van der Waals surface area contributed by atoms with Crippen LogP contribution in [0.3, 0.4) is 0 Å². The van der Waals surface area contributed by atoms with Crippen LogP contribution < -0.4 is 5.73 Å². The zero-order chi connectivity index (χ0) is 18.1. The Morgan fingerprint density at radius 1 is 1.15 bits per heavy atom. The van der Waals surface area contributed by atoms with E-state index < -0.39 is 0 Å². The minimum Gasteiger partial charge on any atom is -0.369 e. The highest BCUT2D eigenvalue weighted by molar-refractivity contribution is 7.08.